The zero-order chi connectivity index (χ0) is 13.2. The summed E-state index contributed by atoms with van der Waals surface area (Å²) in [6.45, 7) is 4.92. The van der Waals surface area contributed by atoms with Crippen LogP contribution in [-0.4, -0.2) is 35.6 Å². The maximum absolute atomic E-state index is 5.65. The minimum Gasteiger partial charge on any atom is -0.367 e. The van der Waals surface area contributed by atoms with Crippen LogP contribution in [-0.2, 0) is 0 Å². The van der Waals surface area contributed by atoms with Crippen molar-refractivity contribution in [3.8, 4) is 0 Å². The first-order chi connectivity index (χ1) is 9.24. The molecule has 1 saturated heterocycles. The molecule has 0 spiro atoms. The minimum atomic E-state index is 0.630. The number of nitrogens with zero attached hydrogens (tertiary/aromatic N) is 3. The third-order valence-electron chi connectivity index (χ3n) is 3.94. The van der Waals surface area contributed by atoms with Crippen molar-refractivity contribution in [2.24, 2.45) is 11.7 Å². The highest BCUT2D eigenvalue weighted by molar-refractivity contribution is 5.51. The monoisotopic (exact) mass is 261 g/mol. The molecule has 19 heavy (non-hydrogen) atoms. The molecular formula is C14H23N5. The van der Waals surface area contributed by atoms with Gasteiger partial charge >= 0.3 is 0 Å². The molecule has 0 radical (unpaired) electrons. The van der Waals surface area contributed by atoms with Crippen LogP contribution >= 0.6 is 0 Å². The molecule has 1 unspecified atom stereocenters. The van der Waals surface area contributed by atoms with Crippen molar-refractivity contribution < 1.29 is 0 Å². The lowest BCUT2D eigenvalue weighted by Crippen LogP contribution is -2.22. The van der Waals surface area contributed by atoms with E-state index in [9.17, 15) is 0 Å². The van der Waals surface area contributed by atoms with Crippen molar-refractivity contribution in [3.63, 3.8) is 0 Å². The average Bonchev–Trinajstić information content (AvgIpc) is 3.05. The lowest BCUT2D eigenvalue weighted by Gasteiger charge is -2.19. The fourth-order valence-electron chi connectivity index (χ4n) is 2.74. The number of aromatic nitrogens is 2. The van der Waals surface area contributed by atoms with Gasteiger partial charge in [0.2, 0.25) is 0 Å². The first kappa shape index (κ1) is 12.7. The smallest absolute Gasteiger partial charge is 0.134 e. The number of nitrogens with two attached hydrogens (primary N) is 1. The average molecular weight is 261 g/mol. The number of hydrogen-bond acceptors (Lipinski definition) is 5. The van der Waals surface area contributed by atoms with Crippen LogP contribution in [0.15, 0.2) is 6.07 Å². The summed E-state index contributed by atoms with van der Waals surface area (Å²) in [5.74, 6) is 3.62. The van der Waals surface area contributed by atoms with E-state index >= 15 is 0 Å². The fraction of sp³-hybridized carbons (Fsp3) is 0.714. The molecule has 0 aromatic carbocycles. The Morgan fingerprint density at radius 3 is 2.95 bits per heavy atom. The van der Waals surface area contributed by atoms with Crippen LogP contribution in [0.1, 0.15) is 31.5 Å². The molecule has 0 bridgehead atoms. The Morgan fingerprint density at radius 1 is 1.37 bits per heavy atom. The fourth-order valence-corrected chi connectivity index (χ4v) is 2.74. The van der Waals surface area contributed by atoms with Crippen molar-refractivity contribution >= 4 is 11.6 Å². The molecule has 0 amide bonds. The quantitative estimate of drug-likeness (QED) is 0.841. The van der Waals surface area contributed by atoms with Gasteiger partial charge in [0.05, 0.1) is 0 Å². The predicted octanol–water partition coefficient (Wildman–Crippen LogP) is 1.53. The summed E-state index contributed by atoms with van der Waals surface area (Å²) >= 11 is 0. The lowest BCUT2D eigenvalue weighted by molar-refractivity contribution is 0.546. The van der Waals surface area contributed by atoms with Gasteiger partial charge in [0.1, 0.15) is 17.5 Å². The molecule has 3 N–H and O–H groups in total. The molecule has 5 nitrogen and oxygen atoms in total. The van der Waals surface area contributed by atoms with Crippen LogP contribution in [0.5, 0.6) is 0 Å². The van der Waals surface area contributed by atoms with Gasteiger partial charge in [-0.3, -0.25) is 0 Å². The van der Waals surface area contributed by atoms with Crippen molar-refractivity contribution in [2.45, 2.75) is 38.6 Å². The highest BCUT2D eigenvalue weighted by Gasteiger charge is 2.25. The molecule has 2 heterocycles. The predicted molar refractivity (Wildman–Crippen MR) is 77.4 cm³/mol. The van der Waals surface area contributed by atoms with Gasteiger partial charge in [-0.25, -0.2) is 9.97 Å². The van der Waals surface area contributed by atoms with Crippen molar-refractivity contribution in [3.05, 3.63) is 11.9 Å². The topological polar surface area (TPSA) is 67.1 Å². The Hall–Kier alpha value is -1.36. The van der Waals surface area contributed by atoms with Crippen molar-refractivity contribution in [2.75, 3.05) is 29.9 Å². The van der Waals surface area contributed by atoms with Crippen LogP contribution in [0.25, 0.3) is 0 Å². The Morgan fingerprint density at radius 2 is 2.21 bits per heavy atom. The summed E-state index contributed by atoms with van der Waals surface area (Å²) in [4.78, 5) is 11.4. The largest absolute Gasteiger partial charge is 0.367 e. The molecule has 1 aliphatic heterocycles. The maximum Gasteiger partial charge on any atom is 0.134 e. The van der Waals surface area contributed by atoms with Crippen LogP contribution in [0.2, 0.25) is 0 Å². The maximum atomic E-state index is 5.65. The van der Waals surface area contributed by atoms with Gasteiger partial charge in [-0.1, -0.05) is 0 Å². The number of aryl methyl sites for hydroxylation is 1. The summed E-state index contributed by atoms with van der Waals surface area (Å²) in [6.07, 6.45) is 4.88. The van der Waals surface area contributed by atoms with Gasteiger partial charge in [0.15, 0.2) is 0 Å². The van der Waals surface area contributed by atoms with Gasteiger partial charge < -0.3 is 16.0 Å². The molecule has 1 atom stereocenters. The number of anilines is 2. The van der Waals surface area contributed by atoms with E-state index in [0.717, 1.165) is 49.4 Å². The van der Waals surface area contributed by atoms with Crippen molar-refractivity contribution in [1.29, 1.82) is 0 Å². The van der Waals surface area contributed by atoms with Crippen LogP contribution < -0.4 is 16.0 Å². The van der Waals surface area contributed by atoms with Crippen LogP contribution in [0, 0.1) is 12.8 Å². The zero-order valence-corrected chi connectivity index (χ0v) is 11.6. The molecule has 1 aromatic rings. The highest BCUT2D eigenvalue weighted by atomic mass is 15.2. The minimum absolute atomic E-state index is 0.630. The third kappa shape index (κ3) is 3.15. The van der Waals surface area contributed by atoms with E-state index in [1.54, 1.807) is 0 Å². The Balaban J connectivity index is 1.71. The van der Waals surface area contributed by atoms with Gasteiger partial charge in [0, 0.05) is 25.2 Å². The van der Waals surface area contributed by atoms with Crippen molar-refractivity contribution in [1.82, 2.24) is 9.97 Å². The van der Waals surface area contributed by atoms with E-state index in [1.165, 1.54) is 19.3 Å². The van der Waals surface area contributed by atoms with Gasteiger partial charge in [0.25, 0.3) is 0 Å². The second-order valence-electron chi connectivity index (χ2n) is 5.76. The second-order valence-corrected chi connectivity index (χ2v) is 5.76. The van der Waals surface area contributed by atoms with Gasteiger partial charge in [-0.15, -0.1) is 0 Å². The number of hydrogen-bond donors (Lipinski definition) is 2. The van der Waals surface area contributed by atoms with E-state index in [-0.39, 0.29) is 0 Å². The normalized spacial score (nSPS) is 22.8. The SMILES string of the molecule is Cc1nc(NC2CC2)cc(N2CCC(CCN)C2)n1. The zero-order valence-electron chi connectivity index (χ0n) is 11.6. The number of rotatable bonds is 5. The highest BCUT2D eigenvalue weighted by Crippen LogP contribution is 2.28. The first-order valence-corrected chi connectivity index (χ1v) is 7.32. The summed E-state index contributed by atoms with van der Waals surface area (Å²) in [5, 5.41) is 3.46. The molecule has 5 heteroatoms. The Labute approximate surface area is 114 Å². The molecule has 1 saturated carbocycles. The van der Waals surface area contributed by atoms with E-state index in [4.69, 9.17) is 5.73 Å². The summed E-state index contributed by atoms with van der Waals surface area (Å²) < 4.78 is 0. The van der Waals surface area contributed by atoms with E-state index in [2.05, 4.69) is 26.3 Å². The lowest BCUT2D eigenvalue weighted by atomic mass is 10.1. The summed E-state index contributed by atoms with van der Waals surface area (Å²) in [7, 11) is 0. The molecule has 2 aliphatic rings. The molecule has 104 valence electrons. The summed E-state index contributed by atoms with van der Waals surface area (Å²) in [5.41, 5.74) is 5.65. The van der Waals surface area contributed by atoms with Gasteiger partial charge in [-0.05, 0) is 45.1 Å². The first-order valence-electron chi connectivity index (χ1n) is 7.32. The van der Waals surface area contributed by atoms with Gasteiger partial charge in [-0.2, -0.15) is 0 Å². The Kier molecular flexibility index (Phi) is 3.55. The number of nitrogens with one attached hydrogen (secondary N) is 1. The van der Waals surface area contributed by atoms with E-state index in [1.807, 2.05) is 6.92 Å². The molecule has 1 aliphatic carbocycles. The van der Waals surface area contributed by atoms with Crippen LogP contribution in [0.3, 0.4) is 0 Å². The molecule has 1 aromatic heterocycles. The Bertz CT molecular complexity index is 443. The molecular weight excluding hydrogens is 238 g/mol. The molecule has 3 rings (SSSR count). The van der Waals surface area contributed by atoms with E-state index < -0.39 is 0 Å². The molecule has 2 fully saturated rings. The standard InChI is InChI=1S/C14H23N5/c1-10-16-13(18-12-2-3-12)8-14(17-10)19-7-5-11(9-19)4-6-15/h8,11-12H,2-7,9,15H2,1H3,(H,16,17,18). The second kappa shape index (κ2) is 5.33. The van der Waals surface area contributed by atoms with E-state index in [0.29, 0.717) is 6.04 Å². The van der Waals surface area contributed by atoms with Crippen LogP contribution in [0.4, 0.5) is 11.6 Å². The third-order valence-corrected chi connectivity index (χ3v) is 3.94. The summed E-state index contributed by atoms with van der Waals surface area (Å²) in [6, 6.07) is 2.72.